The summed E-state index contributed by atoms with van der Waals surface area (Å²) in [6.07, 6.45) is 4.06. The second kappa shape index (κ2) is 6.23. The zero-order valence-electron chi connectivity index (χ0n) is 19.3. The van der Waals surface area contributed by atoms with Gasteiger partial charge in [0.15, 0.2) is 0 Å². The van der Waals surface area contributed by atoms with Crippen LogP contribution in [0.3, 0.4) is 0 Å². The molecule has 2 unspecified atom stereocenters. The molecule has 0 N–H and O–H groups in total. The number of hydrogen-bond donors (Lipinski definition) is 0. The van der Waals surface area contributed by atoms with Crippen molar-refractivity contribution in [2.24, 2.45) is 10.8 Å². The van der Waals surface area contributed by atoms with Gasteiger partial charge in [0.1, 0.15) is 0 Å². The van der Waals surface area contributed by atoms with E-state index in [1.165, 1.54) is 19.3 Å². The van der Waals surface area contributed by atoms with Gasteiger partial charge in [0.05, 0.1) is 0 Å². The summed E-state index contributed by atoms with van der Waals surface area (Å²) in [5.74, 6) is 0. The summed E-state index contributed by atoms with van der Waals surface area (Å²) in [5.41, 5.74) is 0.905. The smallest absolute Gasteiger partial charge is 0.0313 e. The van der Waals surface area contributed by atoms with Crippen LogP contribution in [0.4, 0.5) is 0 Å². The molecular weight excluding hydrogens is 304 g/mol. The maximum Gasteiger partial charge on any atom is 0.0313 e. The van der Waals surface area contributed by atoms with Crippen LogP contribution < -0.4 is 0 Å². The molecule has 2 fully saturated rings. The van der Waals surface area contributed by atoms with E-state index in [1.807, 2.05) is 0 Å². The number of hydrogen-bond acceptors (Lipinski definition) is 2. The van der Waals surface area contributed by atoms with Gasteiger partial charge in [-0.1, -0.05) is 41.5 Å². The summed E-state index contributed by atoms with van der Waals surface area (Å²) in [7, 11) is 0. The van der Waals surface area contributed by atoms with Crippen molar-refractivity contribution < 1.29 is 0 Å². The molecule has 1 heterocycles. The minimum atomic E-state index is 0.203. The minimum Gasteiger partial charge on any atom is -0.290 e. The molecule has 1 saturated heterocycles. The van der Waals surface area contributed by atoms with Crippen LogP contribution in [-0.2, 0) is 0 Å². The van der Waals surface area contributed by atoms with E-state index in [1.54, 1.807) is 0 Å². The van der Waals surface area contributed by atoms with Gasteiger partial charge < -0.3 is 0 Å². The van der Waals surface area contributed by atoms with Gasteiger partial charge in [-0.3, -0.25) is 9.80 Å². The van der Waals surface area contributed by atoms with Crippen LogP contribution in [0, 0.1) is 10.8 Å². The third-order valence-corrected chi connectivity index (χ3v) is 6.39. The molecule has 2 rings (SSSR count). The van der Waals surface area contributed by atoms with E-state index in [-0.39, 0.29) is 21.9 Å². The highest BCUT2D eigenvalue weighted by Gasteiger charge is 2.57. The lowest BCUT2D eigenvalue weighted by atomic mass is 9.68. The second-order valence-electron chi connectivity index (χ2n) is 12.9. The van der Waals surface area contributed by atoms with Crippen molar-refractivity contribution in [3.8, 4) is 0 Å². The van der Waals surface area contributed by atoms with E-state index in [0.29, 0.717) is 12.1 Å². The van der Waals surface area contributed by atoms with E-state index in [0.717, 1.165) is 12.1 Å². The van der Waals surface area contributed by atoms with Crippen LogP contribution in [0.5, 0.6) is 0 Å². The lowest BCUT2D eigenvalue weighted by Gasteiger charge is -2.59. The average Bonchev–Trinajstić information content (AvgIpc) is 2.64. The Balaban J connectivity index is 2.72. The van der Waals surface area contributed by atoms with Gasteiger partial charge >= 0.3 is 0 Å². The fourth-order valence-electron chi connectivity index (χ4n) is 5.91. The number of fused-ring (bicyclic) bond motifs is 2. The molecule has 0 aromatic heterocycles. The van der Waals surface area contributed by atoms with Crippen LogP contribution in [-0.4, -0.2) is 45.0 Å². The Morgan fingerprint density at radius 2 is 0.800 bits per heavy atom. The lowest BCUT2D eigenvalue weighted by molar-refractivity contribution is -0.103. The Morgan fingerprint density at radius 1 is 0.520 bits per heavy atom. The molecule has 1 saturated carbocycles. The van der Waals surface area contributed by atoms with Gasteiger partial charge in [0.2, 0.25) is 0 Å². The highest BCUT2D eigenvalue weighted by atomic mass is 15.4. The van der Waals surface area contributed by atoms with E-state index in [2.05, 4.69) is 92.9 Å². The highest BCUT2D eigenvalue weighted by Crippen LogP contribution is 2.50. The molecule has 2 aliphatic rings. The Kier molecular flexibility index (Phi) is 5.29. The first-order valence-corrected chi connectivity index (χ1v) is 10.5. The Labute approximate surface area is 158 Å². The third-order valence-electron chi connectivity index (χ3n) is 6.39. The van der Waals surface area contributed by atoms with E-state index in [4.69, 9.17) is 0 Å². The number of rotatable bonds is 0. The average molecular weight is 351 g/mol. The zero-order valence-corrected chi connectivity index (χ0v) is 19.3. The van der Waals surface area contributed by atoms with Crippen LogP contribution >= 0.6 is 0 Å². The van der Waals surface area contributed by atoms with E-state index in [9.17, 15) is 0 Å². The standard InChI is InChI=1S/C23H46N2/c1-20(2,3)18-19(21(4,5)6)25(23(10,11)12)17-14-13-16(15-17)24(18)22(7,8)9/h16-19H,13-15H2,1-12H3/t16-,17+,18?,19?. The quantitative estimate of drug-likeness (QED) is 0.532. The van der Waals surface area contributed by atoms with E-state index < -0.39 is 0 Å². The van der Waals surface area contributed by atoms with Crippen molar-refractivity contribution in [3.63, 3.8) is 0 Å². The fourth-order valence-corrected chi connectivity index (χ4v) is 5.91. The summed E-state index contributed by atoms with van der Waals surface area (Å²) >= 11 is 0. The fraction of sp³-hybridized carbons (Fsp3) is 1.00. The van der Waals surface area contributed by atoms with E-state index >= 15 is 0 Å². The van der Waals surface area contributed by atoms with Crippen LogP contribution in [0.1, 0.15) is 102 Å². The van der Waals surface area contributed by atoms with Gasteiger partial charge in [-0.05, 0) is 71.6 Å². The Morgan fingerprint density at radius 3 is 1.00 bits per heavy atom. The minimum absolute atomic E-state index is 0.203. The molecule has 0 aromatic carbocycles. The van der Waals surface area contributed by atoms with Crippen LogP contribution in [0.25, 0.3) is 0 Å². The molecule has 0 amide bonds. The molecule has 4 atom stereocenters. The molecule has 0 radical (unpaired) electrons. The first kappa shape index (κ1) is 21.2. The monoisotopic (exact) mass is 350 g/mol. The molecule has 148 valence electrons. The number of nitrogens with zero attached hydrogens (tertiary/aromatic N) is 2. The molecular formula is C23H46N2. The SMILES string of the molecule is CC(C)(C)C1C(C(C)(C)C)N(C(C)(C)C)[C@H]2CC[C@H](C2)N1C(C)(C)C. The first-order chi connectivity index (χ1) is 11.0. The van der Waals surface area contributed by atoms with Crippen molar-refractivity contribution in [1.29, 1.82) is 0 Å². The lowest BCUT2D eigenvalue weighted by Crippen LogP contribution is -2.69. The van der Waals surface area contributed by atoms with Gasteiger partial charge in [-0.2, -0.15) is 0 Å². The second-order valence-corrected chi connectivity index (χ2v) is 12.9. The largest absolute Gasteiger partial charge is 0.290 e. The third kappa shape index (κ3) is 4.10. The summed E-state index contributed by atoms with van der Waals surface area (Å²) < 4.78 is 0. The van der Waals surface area contributed by atoms with Gasteiger partial charge in [0.25, 0.3) is 0 Å². The first-order valence-electron chi connectivity index (χ1n) is 10.5. The normalized spacial score (nSPS) is 33.6. The van der Waals surface area contributed by atoms with Gasteiger partial charge in [-0.25, -0.2) is 0 Å². The van der Waals surface area contributed by atoms with Crippen molar-refractivity contribution >= 4 is 0 Å². The summed E-state index contributed by atoms with van der Waals surface area (Å²) in [6.45, 7) is 29.4. The summed E-state index contributed by atoms with van der Waals surface area (Å²) in [4.78, 5) is 5.88. The van der Waals surface area contributed by atoms with Crippen LogP contribution in [0.15, 0.2) is 0 Å². The van der Waals surface area contributed by atoms with Gasteiger partial charge in [0, 0.05) is 35.2 Å². The molecule has 2 bridgehead atoms. The molecule has 1 aliphatic carbocycles. The maximum atomic E-state index is 2.94. The Hall–Kier alpha value is -0.0800. The highest BCUT2D eigenvalue weighted by molar-refractivity contribution is 5.12. The van der Waals surface area contributed by atoms with Crippen molar-refractivity contribution in [1.82, 2.24) is 9.80 Å². The molecule has 0 spiro atoms. The molecule has 1 aliphatic heterocycles. The molecule has 25 heavy (non-hydrogen) atoms. The van der Waals surface area contributed by atoms with Gasteiger partial charge in [-0.15, -0.1) is 0 Å². The van der Waals surface area contributed by atoms with Crippen molar-refractivity contribution in [2.45, 2.75) is 138 Å². The molecule has 0 aromatic rings. The predicted octanol–water partition coefficient (Wildman–Crippen LogP) is 5.95. The molecule has 2 nitrogen and oxygen atoms in total. The zero-order chi connectivity index (χ0) is 19.6. The van der Waals surface area contributed by atoms with Crippen molar-refractivity contribution in [3.05, 3.63) is 0 Å². The summed E-state index contributed by atoms with van der Waals surface area (Å²) in [6, 6.07) is 2.57. The molecule has 2 heteroatoms. The predicted molar refractivity (Wildman–Crippen MR) is 111 cm³/mol. The van der Waals surface area contributed by atoms with Crippen LogP contribution in [0.2, 0.25) is 0 Å². The topological polar surface area (TPSA) is 6.48 Å². The Bertz CT molecular complexity index is 422. The van der Waals surface area contributed by atoms with Crippen molar-refractivity contribution in [2.75, 3.05) is 0 Å². The summed E-state index contributed by atoms with van der Waals surface area (Å²) in [5, 5.41) is 0. The maximum absolute atomic E-state index is 2.94.